The molecule has 4 nitrogen and oxygen atoms in total. The summed E-state index contributed by atoms with van der Waals surface area (Å²) < 4.78 is -0.458. The molecule has 0 fully saturated rings. The van der Waals surface area contributed by atoms with Crippen LogP contribution in [-0.4, -0.2) is 37.1 Å². The third-order valence-corrected chi connectivity index (χ3v) is 0.917. The van der Waals surface area contributed by atoms with Crippen molar-refractivity contribution >= 4 is 6.09 Å². The Hall–Kier alpha value is -0.610. The lowest BCUT2D eigenvalue weighted by molar-refractivity contribution is -1.01. The van der Waals surface area contributed by atoms with Crippen LogP contribution in [0.5, 0.6) is 0 Å². The predicted octanol–water partition coefficient (Wildman–Crippen LogP) is 0.302. The first kappa shape index (κ1) is 7.39. The van der Waals surface area contributed by atoms with Gasteiger partial charge in [-0.1, -0.05) is 4.65 Å². The third kappa shape index (κ3) is 1.48. The van der Waals surface area contributed by atoms with Crippen molar-refractivity contribution in [2.45, 2.75) is 0 Å². The fraction of sp³-hybridized carbons (Fsp3) is 0.750. The zero-order valence-electron chi connectivity index (χ0n) is 5.21. The summed E-state index contributed by atoms with van der Waals surface area (Å²) in [6, 6.07) is 0. The molecule has 0 aliphatic rings. The van der Waals surface area contributed by atoms with Crippen LogP contribution in [0.25, 0.3) is 0 Å². The van der Waals surface area contributed by atoms with E-state index in [2.05, 4.69) is 4.84 Å². The summed E-state index contributed by atoms with van der Waals surface area (Å²) >= 11 is 0. The molecule has 0 spiro atoms. The van der Waals surface area contributed by atoms with Crippen molar-refractivity contribution in [1.29, 1.82) is 0 Å². The van der Waals surface area contributed by atoms with Crippen molar-refractivity contribution in [2.75, 3.05) is 21.2 Å². The van der Waals surface area contributed by atoms with E-state index in [1.807, 2.05) is 0 Å². The summed E-state index contributed by atoms with van der Waals surface area (Å²) in [4.78, 5) is 14.6. The van der Waals surface area contributed by atoms with Crippen molar-refractivity contribution in [3.05, 3.63) is 0 Å². The van der Waals surface area contributed by atoms with Gasteiger partial charge in [0.15, 0.2) is 0 Å². The summed E-state index contributed by atoms with van der Waals surface area (Å²) in [6.07, 6.45) is -1.01. The molecule has 0 saturated carbocycles. The van der Waals surface area contributed by atoms with E-state index in [4.69, 9.17) is 5.11 Å². The maximum Gasteiger partial charge on any atom is 0.546 e. The van der Waals surface area contributed by atoms with E-state index in [9.17, 15) is 4.79 Å². The average molecular weight is 120 g/mol. The third-order valence-electron chi connectivity index (χ3n) is 0.917. The highest BCUT2D eigenvalue weighted by molar-refractivity contribution is 5.55. The average Bonchev–Trinajstić information content (AvgIpc) is 1.67. The number of hydroxylamine groups is 3. The summed E-state index contributed by atoms with van der Waals surface area (Å²) in [7, 11) is 4.21. The lowest BCUT2D eigenvalue weighted by atomic mass is 10.9. The fourth-order valence-corrected chi connectivity index (χ4v) is 0.0781. The first-order valence-electron chi connectivity index (χ1n) is 2.14. The summed E-state index contributed by atoms with van der Waals surface area (Å²) in [5.74, 6) is 0. The fourth-order valence-electron chi connectivity index (χ4n) is 0.0781. The minimum atomic E-state index is -1.01. The Kier molecular flexibility index (Phi) is 1.94. The van der Waals surface area contributed by atoms with Gasteiger partial charge in [-0.15, -0.1) is 0 Å². The standard InChI is InChI=1S/C4H9NO3/c1-5(2,8-3)4(6)7/h1-3H3/p+1. The van der Waals surface area contributed by atoms with Gasteiger partial charge in [0, 0.05) is 0 Å². The minimum Gasteiger partial charge on any atom is -0.433 e. The van der Waals surface area contributed by atoms with Crippen molar-refractivity contribution in [2.24, 2.45) is 0 Å². The zero-order valence-corrected chi connectivity index (χ0v) is 5.21. The molecule has 0 unspecified atom stereocenters. The molecule has 0 radical (unpaired) electrons. The van der Waals surface area contributed by atoms with Crippen LogP contribution in [0.2, 0.25) is 0 Å². The molecule has 1 amide bonds. The monoisotopic (exact) mass is 120 g/mol. The lowest BCUT2D eigenvalue weighted by Gasteiger charge is -2.16. The molecule has 1 N–H and O–H groups in total. The summed E-state index contributed by atoms with van der Waals surface area (Å²) in [5.41, 5.74) is 0. The Morgan fingerprint density at radius 2 is 2.00 bits per heavy atom. The van der Waals surface area contributed by atoms with E-state index in [0.717, 1.165) is 0 Å². The SMILES string of the molecule is CO[N+](C)(C)C(=O)O. The lowest BCUT2D eigenvalue weighted by Crippen LogP contribution is -2.43. The van der Waals surface area contributed by atoms with Crippen molar-refractivity contribution in [1.82, 2.24) is 0 Å². The second kappa shape index (κ2) is 2.11. The molecule has 48 valence electrons. The normalized spacial score (nSPS) is 11.4. The van der Waals surface area contributed by atoms with Crippen LogP contribution in [0.1, 0.15) is 0 Å². The predicted molar refractivity (Wildman–Crippen MR) is 27.1 cm³/mol. The molecule has 0 saturated heterocycles. The molecule has 0 aliphatic carbocycles. The summed E-state index contributed by atoms with van der Waals surface area (Å²) in [6.45, 7) is 0. The van der Waals surface area contributed by atoms with Gasteiger partial charge in [-0.2, -0.15) is 9.63 Å². The van der Waals surface area contributed by atoms with Crippen LogP contribution >= 0.6 is 0 Å². The smallest absolute Gasteiger partial charge is 0.433 e. The van der Waals surface area contributed by atoms with Gasteiger partial charge in [0.1, 0.15) is 14.1 Å². The molecule has 0 heterocycles. The first-order valence-corrected chi connectivity index (χ1v) is 2.14. The number of hydrogen-bond donors (Lipinski definition) is 1. The van der Waals surface area contributed by atoms with Gasteiger partial charge in [0.05, 0.1) is 7.11 Å². The van der Waals surface area contributed by atoms with Crippen LogP contribution in [0, 0.1) is 0 Å². The highest BCUT2D eigenvalue weighted by Gasteiger charge is 2.25. The van der Waals surface area contributed by atoms with E-state index in [1.54, 1.807) is 0 Å². The van der Waals surface area contributed by atoms with Crippen LogP contribution in [0.3, 0.4) is 0 Å². The van der Waals surface area contributed by atoms with Crippen molar-refractivity contribution < 1.29 is 19.4 Å². The molecule has 0 aromatic rings. The van der Waals surface area contributed by atoms with Crippen molar-refractivity contribution in [3.63, 3.8) is 0 Å². The number of hydrogen-bond acceptors (Lipinski definition) is 2. The van der Waals surface area contributed by atoms with Gasteiger partial charge in [-0.25, -0.2) is 0 Å². The van der Waals surface area contributed by atoms with Gasteiger partial charge >= 0.3 is 6.09 Å². The van der Waals surface area contributed by atoms with Crippen LogP contribution in [0.4, 0.5) is 4.79 Å². The molecule has 8 heavy (non-hydrogen) atoms. The zero-order chi connectivity index (χ0) is 6.78. The molecule has 0 rings (SSSR count). The second-order valence-corrected chi connectivity index (χ2v) is 1.82. The number of carbonyl (C=O) groups is 1. The van der Waals surface area contributed by atoms with Gasteiger partial charge in [-0.05, 0) is 0 Å². The Morgan fingerprint density at radius 3 is 2.00 bits per heavy atom. The molecular formula is C4H10NO3+. The van der Waals surface area contributed by atoms with Crippen molar-refractivity contribution in [3.8, 4) is 0 Å². The van der Waals surface area contributed by atoms with Gasteiger partial charge in [0.2, 0.25) is 0 Å². The summed E-state index contributed by atoms with van der Waals surface area (Å²) in [5, 5.41) is 8.29. The molecule has 4 heteroatoms. The van der Waals surface area contributed by atoms with E-state index in [0.29, 0.717) is 0 Å². The number of amides is 1. The molecule has 0 aromatic carbocycles. The minimum absolute atomic E-state index is 0.458. The number of quaternary nitrogens is 1. The topological polar surface area (TPSA) is 46.5 Å². The van der Waals surface area contributed by atoms with Crippen LogP contribution < -0.4 is 0 Å². The maximum absolute atomic E-state index is 10.1. The van der Waals surface area contributed by atoms with Crippen LogP contribution in [0.15, 0.2) is 0 Å². The van der Waals surface area contributed by atoms with E-state index in [1.165, 1.54) is 21.2 Å². The largest absolute Gasteiger partial charge is 0.546 e. The molecule has 0 aromatic heterocycles. The molecule has 0 bridgehead atoms. The number of rotatable bonds is 1. The second-order valence-electron chi connectivity index (χ2n) is 1.82. The van der Waals surface area contributed by atoms with E-state index in [-0.39, 0.29) is 0 Å². The number of carboxylic acid groups (broad SMARTS) is 1. The highest BCUT2D eigenvalue weighted by Crippen LogP contribution is 1.94. The first-order chi connectivity index (χ1) is 3.50. The van der Waals surface area contributed by atoms with E-state index >= 15 is 0 Å². The highest BCUT2D eigenvalue weighted by atomic mass is 16.7. The van der Waals surface area contributed by atoms with Gasteiger partial charge < -0.3 is 5.11 Å². The Labute approximate surface area is 47.8 Å². The van der Waals surface area contributed by atoms with Crippen LogP contribution in [-0.2, 0) is 4.84 Å². The Balaban J connectivity index is 3.91. The van der Waals surface area contributed by atoms with E-state index < -0.39 is 10.7 Å². The quantitative estimate of drug-likeness (QED) is 0.400. The molecule has 0 atom stereocenters. The molecular weight excluding hydrogens is 110 g/mol. The van der Waals surface area contributed by atoms with Gasteiger partial charge in [0.25, 0.3) is 0 Å². The van der Waals surface area contributed by atoms with Gasteiger partial charge in [-0.3, -0.25) is 0 Å². The number of nitrogens with zero attached hydrogens (tertiary/aromatic N) is 1. The molecule has 0 aliphatic heterocycles. The Bertz CT molecular complexity index is 99.5. The Morgan fingerprint density at radius 1 is 1.62 bits per heavy atom. The maximum atomic E-state index is 10.1.